The monoisotopic (exact) mass is 375 g/mol. The van der Waals surface area contributed by atoms with Crippen molar-refractivity contribution in [1.29, 1.82) is 0 Å². The Kier molecular flexibility index (Phi) is 6.21. The van der Waals surface area contributed by atoms with E-state index in [-0.39, 0.29) is 43.0 Å². The van der Waals surface area contributed by atoms with Crippen LogP contribution in [0.2, 0.25) is 0 Å². The topological polar surface area (TPSA) is 87.1 Å². The fourth-order valence-corrected chi connectivity index (χ4v) is 3.97. The third kappa shape index (κ3) is 4.22. The van der Waals surface area contributed by atoms with Crippen LogP contribution in [0.15, 0.2) is 29.1 Å². The van der Waals surface area contributed by atoms with Crippen LogP contribution >= 0.6 is 12.2 Å². The lowest BCUT2D eigenvalue weighted by Gasteiger charge is -2.24. The molecule has 2 aromatic rings. The molecule has 0 aliphatic heterocycles. The lowest BCUT2D eigenvalue weighted by Crippen LogP contribution is -2.41. The molecular weight excluding hydrogens is 350 g/mol. The molecule has 1 fully saturated rings. The van der Waals surface area contributed by atoms with Crippen LogP contribution in [0.3, 0.4) is 0 Å². The maximum atomic E-state index is 12.6. The molecular formula is C19H25N3O3S. The maximum absolute atomic E-state index is 12.6. The number of carbonyl (C=O) groups is 1. The zero-order chi connectivity index (χ0) is 18.5. The van der Waals surface area contributed by atoms with E-state index in [1.165, 1.54) is 4.57 Å². The molecule has 2 atom stereocenters. The molecule has 140 valence electrons. The molecule has 1 saturated carbocycles. The summed E-state index contributed by atoms with van der Waals surface area (Å²) in [6.07, 6.45) is 5.33. The maximum Gasteiger partial charge on any atom is 0.262 e. The van der Waals surface area contributed by atoms with E-state index < -0.39 is 0 Å². The second kappa shape index (κ2) is 8.60. The van der Waals surface area contributed by atoms with Crippen LogP contribution in [-0.2, 0) is 11.3 Å². The van der Waals surface area contributed by atoms with Gasteiger partial charge in [-0.1, -0.05) is 31.4 Å². The largest absolute Gasteiger partial charge is 0.396 e. The van der Waals surface area contributed by atoms with Crippen LogP contribution < -0.4 is 10.9 Å². The first-order valence-corrected chi connectivity index (χ1v) is 9.63. The highest BCUT2D eigenvalue weighted by Gasteiger charge is 2.24. The third-order valence-corrected chi connectivity index (χ3v) is 5.51. The van der Waals surface area contributed by atoms with Gasteiger partial charge >= 0.3 is 0 Å². The van der Waals surface area contributed by atoms with E-state index in [1.807, 2.05) is 12.1 Å². The molecule has 1 aliphatic carbocycles. The predicted octanol–water partition coefficient (Wildman–Crippen LogP) is 2.51. The summed E-state index contributed by atoms with van der Waals surface area (Å²) >= 11 is 5.28. The second-order valence-electron chi connectivity index (χ2n) is 6.94. The number of aromatic nitrogens is 2. The molecule has 2 unspecified atom stereocenters. The molecule has 7 heteroatoms. The van der Waals surface area contributed by atoms with Crippen LogP contribution in [0.25, 0.3) is 10.9 Å². The van der Waals surface area contributed by atoms with E-state index in [9.17, 15) is 14.7 Å². The summed E-state index contributed by atoms with van der Waals surface area (Å²) in [5.74, 6) is 0.0116. The standard InChI is InChI=1S/C19H25N3O3S/c23-12-13-6-2-1-3-8-15(13)20-17(24)10-11-22-18(25)14-7-4-5-9-16(14)21-19(22)26/h4-5,7,9,13,15,23H,1-3,6,8,10-12H2,(H,20,24)(H,21,26). The summed E-state index contributed by atoms with van der Waals surface area (Å²) in [5.41, 5.74) is 0.521. The number of nitrogens with zero attached hydrogens (tertiary/aromatic N) is 1. The van der Waals surface area contributed by atoms with Crippen molar-refractivity contribution in [2.75, 3.05) is 6.61 Å². The second-order valence-corrected chi connectivity index (χ2v) is 7.32. The Balaban J connectivity index is 1.69. The number of hydrogen-bond acceptors (Lipinski definition) is 4. The molecule has 1 heterocycles. The molecule has 0 saturated heterocycles. The summed E-state index contributed by atoms with van der Waals surface area (Å²) in [6.45, 7) is 0.335. The van der Waals surface area contributed by atoms with Gasteiger partial charge in [-0.3, -0.25) is 14.2 Å². The van der Waals surface area contributed by atoms with E-state index >= 15 is 0 Å². The molecule has 26 heavy (non-hydrogen) atoms. The van der Waals surface area contributed by atoms with Crippen molar-refractivity contribution in [3.8, 4) is 0 Å². The van der Waals surface area contributed by atoms with Crippen molar-refractivity contribution >= 4 is 29.0 Å². The minimum Gasteiger partial charge on any atom is -0.396 e. The lowest BCUT2D eigenvalue weighted by atomic mass is 9.95. The van der Waals surface area contributed by atoms with Crippen molar-refractivity contribution in [1.82, 2.24) is 14.9 Å². The number of amides is 1. The van der Waals surface area contributed by atoms with Gasteiger partial charge in [-0.05, 0) is 37.2 Å². The molecule has 1 aromatic carbocycles. The van der Waals surface area contributed by atoms with Crippen molar-refractivity contribution < 1.29 is 9.90 Å². The molecule has 0 spiro atoms. The Morgan fingerprint density at radius 1 is 1.27 bits per heavy atom. The molecule has 1 aliphatic rings. The molecule has 1 aromatic heterocycles. The van der Waals surface area contributed by atoms with Crippen molar-refractivity contribution in [2.45, 2.75) is 51.1 Å². The number of benzene rings is 1. The Morgan fingerprint density at radius 2 is 2.04 bits per heavy atom. The van der Waals surface area contributed by atoms with Gasteiger partial charge < -0.3 is 15.4 Å². The Bertz CT molecular complexity index is 889. The average molecular weight is 375 g/mol. The number of nitrogens with one attached hydrogen (secondary N) is 2. The highest BCUT2D eigenvalue weighted by molar-refractivity contribution is 7.71. The smallest absolute Gasteiger partial charge is 0.262 e. The zero-order valence-electron chi connectivity index (χ0n) is 14.7. The van der Waals surface area contributed by atoms with Gasteiger partial charge in [-0.2, -0.15) is 0 Å². The Morgan fingerprint density at radius 3 is 2.85 bits per heavy atom. The molecule has 6 nitrogen and oxygen atoms in total. The summed E-state index contributed by atoms with van der Waals surface area (Å²) in [5, 5.41) is 13.2. The number of para-hydroxylation sites is 1. The van der Waals surface area contributed by atoms with Gasteiger partial charge in [0, 0.05) is 31.5 Å². The summed E-state index contributed by atoms with van der Waals surface area (Å²) in [7, 11) is 0. The van der Waals surface area contributed by atoms with E-state index in [4.69, 9.17) is 12.2 Å². The quantitative estimate of drug-likeness (QED) is 0.554. The van der Waals surface area contributed by atoms with E-state index in [1.54, 1.807) is 12.1 Å². The minimum absolute atomic E-state index is 0.0119. The Labute approximate surface area is 157 Å². The first-order chi connectivity index (χ1) is 12.6. The van der Waals surface area contributed by atoms with Crippen molar-refractivity contribution in [2.24, 2.45) is 5.92 Å². The minimum atomic E-state index is -0.181. The number of H-pyrrole nitrogens is 1. The van der Waals surface area contributed by atoms with Crippen molar-refractivity contribution in [3.63, 3.8) is 0 Å². The molecule has 0 bridgehead atoms. The fraction of sp³-hybridized carbons (Fsp3) is 0.526. The lowest BCUT2D eigenvalue weighted by molar-refractivity contribution is -0.122. The van der Waals surface area contributed by atoms with E-state index in [0.29, 0.717) is 15.7 Å². The van der Waals surface area contributed by atoms with Gasteiger partial charge in [-0.15, -0.1) is 0 Å². The first kappa shape index (κ1) is 18.8. The predicted molar refractivity (Wildman–Crippen MR) is 104 cm³/mol. The average Bonchev–Trinajstić information content (AvgIpc) is 2.86. The fourth-order valence-electron chi connectivity index (χ4n) is 3.69. The van der Waals surface area contributed by atoms with Crippen LogP contribution in [0.4, 0.5) is 0 Å². The number of aliphatic hydroxyl groups excluding tert-OH is 1. The number of carbonyl (C=O) groups excluding carboxylic acids is 1. The van der Waals surface area contributed by atoms with Crippen LogP contribution in [0, 0.1) is 10.7 Å². The number of aromatic amines is 1. The zero-order valence-corrected chi connectivity index (χ0v) is 15.6. The first-order valence-electron chi connectivity index (χ1n) is 9.22. The van der Waals surface area contributed by atoms with Gasteiger partial charge in [0.1, 0.15) is 0 Å². The number of fused-ring (bicyclic) bond motifs is 1. The van der Waals surface area contributed by atoms with E-state index in [2.05, 4.69) is 10.3 Å². The van der Waals surface area contributed by atoms with Gasteiger partial charge in [0.25, 0.3) is 5.56 Å². The molecule has 3 rings (SSSR count). The summed E-state index contributed by atoms with van der Waals surface area (Å²) in [6, 6.07) is 7.22. The molecule has 1 amide bonds. The van der Waals surface area contributed by atoms with Crippen molar-refractivity contribution in [3.05, 3.63) is 39.4 Å². The molecule has 0 radical (unpaired) electrons. The number of aliphatic hydroxyl groups is 1. The highest BCUT2D eigenvalue weighted by Crippen LogP contribution is 2.23. The number of rotatable bonds is 5. The highest BCUT2D eigenvalue weighted by atomic mass is 32.1. The summed E-state index contributed by atoms with van der Waals surface area (Å²) in [4.78, 5) is 28.0. The summed E-state index contributed by atoms with van der Waals surface area (Å²) < 4.78 is 1.76. The van der Waals surface area contributed by atoms with E-state index in [0.717, 1.165) is 32.1 Å². The van der Waals surface area contributed by atoms with Crippen LogP contribution in [0.5, 0.6) is 0 Å². The SMILES string of the molecule is O=C(CCn1c(=S)[nH]c2ccccc2c1=O)NC1CCCCCC1CO. The van der Waals surface area contributed by atoms with Crippen LogP contribution in [-0.4, -0.2) is 33.2 Å². The van der Waals surface area contributed by atoms with Gasteiger partial charge in [0.2, 0.25) is 5.91 Å². The molecule has 3 N–H and O–H groups in total. The normalized spacial score (nSPS) is 20.7. The van der Waals surface area contributed by atoms with Gasteiger partial charge in [-0.25, -0.2) is 0 Å². The Hall–Kier alpha value is -1.99. The number of hydrogen-bond donors (Lipinski definition) is 3. The van der Waals surface area contributed by atoms with Gasteiger partial charge in [0.05, 0.1) is 10.9 Å². The van der Waals surface area contributed by atoms with Crippen LogP contribution in [0.1, 0.15) is 38.5 Å². The van der Waals surface area contributed by atoms with Gasteiger partial charge in [0.15, 0.2) is 4.77 Å². The third-order valence-electron chi connectivity index (χ3n) is 5.19.